The van der Waals surface area contributed by atoms with E-state index in [0.29, 0.717) is 18.5 Å². The van der Waals surface area contributed by atoms with E-state index in [1.807, 2.05) is 0 Å². The zero-order valence-corrected chi connectivity index (χ0v) is 9.55. The van der Waals surface area contributed by atoms with Crippen LogP contribution < -0.4 is 0 Å². The number of nitrogens with zero attached hydrogens (tertiary/aromatic N) is 2. The third-order valence-corrected chi connectivity index (χ3v) is 2.99. The van der Waals surface area contributed by atoms with Crippen molar-refractivity contribution in [2.75, 3.05) is 6.54 Å². The molecule has 1 aliphatic heterocycles. The van der Waals surface area contributed by atoms with Crippen LogP contribution in [0.4, 0.5) is 0 Å². The fourth-order valence-electron chi connectivity index (χ4n) is 2.06. The molecule has 1 N–H and O–H groups in total. The van der Waals surface area contributed by atoms with E-state index in [9.17, 15) is 9.59 Å². The molecule has 92 valence electrons. The lowest BCUT2D eigenvalue weighted by Crippen LogP contribution is -2.48. The summed E-state index contributed by atoms with van der Waals surface area (Å²) < 4.78 is 4.87. The summed E-state index contributed by atoms with van der Waals surface area (Å²) in [5.41, 5.74) is 0.629. The van der Waals surface area contributed by atoms with Gasteiger partial charge in [-0.05, 0) is 26.2 Å². The van der Waals surface area contributed by atoms with E-state index in [2.05, 4.69) is 5.16 Å². The maximum absolute atomic E-state index is 12.1. The van der Waals surface area contributed by atoms with Crippen LogP contribution in [0.1, 0.15) is 35.4 Å². The van der Waals surface area contributed by atoms with Crippen molar-refractivity contribution in [1.82, 2.24) is 10.1 Å². The summed E-state index contributed by atoms with van der Waals surface area (Å²) in [6.07, 6.45) is 3.60. The van der Waals surface area contributed by atoms with Crippen LogP contribution in [-0.4, -0.2) is 39.6 Å². The van der Waals surface area contributed by atoms with Crippen LogP contribution in [-0.2, 0) is 4.79 Å². The Morgan fingerprint density at radius 3 is 2.88 bits per heavy atom. The Hall–Kier alpha value is -1.85. The van der Waals surface area contributed by atoms with Gasteiger partial charge in [-0.15, -0.1) is 0 Å². The Bertz CT molecular complexity index is 440. The first-order valence-corrected chi connectivity index (χ1v) is 5.56. The number of carboxylic acids is 1. The fourth-order valence-corrected chi connectivity index (χ4v) is 2.06. The summed E-state index contributed by atoms with van der Waals surface area (Å²) in [6.45, 7) is 2.17. The zero-order chi connectivity index (χ0) is 12.4. The Labute approximate surface area is 98.2 Å². The van der Waals surface area contributed by atoms with Crippen LogP contribution in [0.2, 0.25) is 0 Å². The maximum atomic E-state index is 12.1. The molecule has 0 aromatic carbocycles. The van der Waals surface area contributed by atoms with E-state index in [1.54, 1.807) is 6.92 Å². The molecule has 1 aromatic rings. The smallest absolute Gasteiger partial charge is 0.326 e. The van der Waals surface area contributed by atoms with E-state index < -0.39 is 12.0 Å². The molecule has 0 saturated carbocycles. The van der Waals surface area contributed by atoms with Gasteiger partial charge in [-0.2, -0.15) is 0 Å². The van der Waals surface area contributed by atoms with Crippen molar-refractivity contribution in [3.8, 4) is 0 Å². The average Bonchev–Trinajstić information content (AvgIpc) is 2.74. The molecule has 1 amide bonds. The number of carbonyl (C=O) groups is 2. The Kier molecular flexibility index (Phi) is 3.12. The second kappa shape index (κ2) is 4.57. The van der Waals surface area contributed by atoms with Crippen molar-refractivity contribution >= 4 is 11.9 Å². The van der Waals surface area contributed by atoms with E-state index in [4.69, 9.17) is 9.63 Å². The summed E-state index contributed by atoms with van der Waals surface area (Å²) >= 11 is 0. The third kappa shape index (κ3) is 2.15. The SMILES string of the molecule is Cc1cnoc1C(=O)N1CCCC[C@@H]1C(=O)O. The van der Waals surface area contributed by atoms with Crippen LogP contribution >= 0.6 is 0 Å². The lowest BCUT2D eigenvalue weighted by atomic mass is 10.0. The van der Waals surface area contributed by atoms with E-state index >= 15 is 0 Å². The normalized spacial score (nSPS) is 20.3. The van der Waals surface area contributed by atoms with Gasteiger partial charge in [-0.1, -0.05) is 5.16 Å². The molecule has 1 saturated heterocycles. The quantitative estimate of drug-likeness (QED) is 0.832. The highest BCUT2D eigenvalue weighted by Gasteiger charge is 2.34. The molecule has 0 bridgehead atoms. The minimum atomic E-state index is -0.963. The van der Waals surface area contributed by atoms with E-state index in [1.165, 1.54) is 11.1 Å². The Morgan fingerprint density at radius 2 is 2.29 bits per heavy atom. The van der Waals surface area contributed by atoms with Crippen LogP contribution in [0.15, 0.2) is 10.7 Å². The van der Waals surface area contributed by atoms with Gasteiger partial charge >= 0.3 is 5.97 Å². The number of piperidine rings is 1. The summed E-state index contributed by atoms with van der Waals surface area (Å²) in [5, 5.41) is 12.6. The predicted molar refractivity (Wildman–Crippen MR) is 57.6 cm³/mol. The maximum Gasteiger partial charge on any atom is 0.326 e. The molecule has 1 atom stereocenters. The standard InChI is InChI=1S/C11H14N2O4/c1-7-6-12-17-9(7)10(14)13-5-3-2-4-8(13)11(15)16/h6,8H,2-5H2,1H3,(H,15,16)/t8-/m1/s1. The number of hydrogen-bond donors (Lipinski definition) is 1. The van der Waals surface area contributed by atoms with Gasteiger partial charge in [0.05, 0.1) is 6.20 Å². The average molecular weight is 238 g/mol. The van der Waals surface area contributed by atoms with Crippen molar-refractivity contribution in [2.24, 2.45) is 0 Å². The Morgan fingerprint density at radius 1 is 1.53 bits per heavy atom. The van der Waals surface area contributed by atoms with Gasteiger partial charge in [0.1, 0.15) is 6.04 Å². The van der Waals surface area contributed by atoms with E-state index in [-0.39, 0.29) is 11.7 Å². The van der Waals surface area contributed by atoms with Gasteiger partial charge in [0.15, 0.2) is 0 Å². The molecule has 0 unspecified atom stereocenters. The molecular weight excluding hydrogens is 224 g/mol. The second-order valence-electron chi connectivity index (χ2n) is 4.19. The minimum Gasteiger partial charge on any atom is -0.480 e. The number of aryl methyl sites for hydroxylation is 1. The van der Waals surface area contributed by atoms with Crippen molar-refractivity contribution in [2.45, 2.75) is 32.2 Å². The first-order chi connectivity index (χ1) is 8.11. The minimum absolute atomic E-state index is 0.137. The molecule has 6 heteroatoms. The lowest BCUT2D eigenvalue weighted by molar-refractivity contribution is -0.143. The number of carboxylic acid groups (broad SMARTS) is 1. The van der Waals surface area contributed by atoms with Gasteiger partial charge in [0.2, 0.25) is 5.76 Å². The van der Waals surface area contributed by atoms with Crippen molar-refractivity contribution in [3.63, 3.8) is 0 Å². The van der Waals surface area contributed by atoms with Gasteiger partial charge in [0, 0.05) is 12.1 Å². The number of aliphatic carboxylic acids is 1. The lowest BCUT2D eigenvalue weighted by Gasteiger charge is -2.32. The first-order valence-electron chi connectivity index (χ1n) is 5.56. The molecule has 6 nitrogen and oxygen atoms in total. The highest BCUT2D eigenvalue weighted by atomic mass is 16.5. The molecule has 0 spiro atoms. The van der Waals surface area contributed by atoms with Gasteiger partial charge in [-0.3, -0.25) is 4.79 Å². The number of hydrogen-bond acceptors (Lipinski definition) is 4. The number of likely N-dealkylation sites (tertiary alicyclic amines) is 1. The topological polar surface area (TPSA) is 83.6 Å². The molecule has 2 heterocycles. The summed E-state index contributed by atoms with van der Waals surface area (Å²) in [7, 11) is 0. The molecule has 17 heavy (non-hydrogen) atoms. The fraction of sp³-hybridized carbons (Fsp3) is 0.545. The van der Waals surface area contributed by atoms with E-state index in [0.717, 1.165) is 12.8 Å². The van der Waals surface area contributed by atoms with Crippen molar-refractivity contribution in [1.29, 1.82) is 0 Å². The molecule has 2 rings (SSSR count). The number of rotatable bonds is 2. The molecule has 1 aromatic heterocycles. The number of carbonyl (C=O) groups excluding carboxylic acids is 1. The molecule has 1 aliphatic rings. The summed E-state index contributed by atoms with van der Waals surface area (Å²) in [5.74, 6) is -1.21. The second-order valence-corrected chi connectivity index (χ2v) is 4.19. The number of amides is 1. The molecule has 0 radical (unpaired) electrons. The highest BCUT2D eigenvalue weighted by Crippen LogP contribution is 2.21. The molecular formula is C11H14N2O4. The van der Waals surface area contributed by atoms with Crippen LogP contribution in [0, 0.1) is 6.92 Å². The predicted octanol–water partition coefficient (Wildman–Crippen LogP) is 1.06. The summed E-state index contributed by atoms with van der Waals surface area (Å²) in [4.78, 5) is 24.6. The number of aromatic nitrogens is 1. The molecule has 1 fully saturated rings. The largest absolute Gasteiger partial charge is 0.480 e. The monoisotopic (exact) mass is 238 g/mol. The van der Waals surface area contributed by atoms with Gasteiger partial charge in [0.25, 0.3) is 5.91 Å². The van der Waals surface area contributed by atoms with Crippen LogP contribution in [0.3, 0.4) is 0 Å². The van der Waals surface area contributed by atoms with Crippen molar-refractivity contribution in [3.05, 3.63) is 17.5 Å². The Balaban J connectivity index is 2.23. The first kappa shape index (κ1) is 11.6. The third-order valence-electron chi connectivity index (χ3n) is 2.99. The van der Waals surface area contributed by atoms with Crippen molar-refractivity contribution < 1.29 is 19.2 Å². The summed E-state index contributed by atoms with van der Waals surface area (Å²) in [6, 6.07) is -0.749. The van der Waals surface area contributed by atoms with Gasteiger partial charge < -0.3 is 14.5 Å². The van der Waals surface area contributed by atoms with Crippen LogP contribution in [0.25, 0.3) is 0 Å². The van der Waals surface area contributed by atoms with Crippen LogP contribution in [0.5, 0.6) is 0 Å². The van der Waals surface area contributed by atoms with Gasteiger partial charge in [-0.25, -0.2) is 4.79 Å². The highest BCUT2D eigenvalue weighted by molar-refractivity contribution is 5.95. The molecule has 0 aliphatic carbocycles. The zero-order valence-electron chi connectivity index (χ0n) is 9.55.